The highest BCUT2D eigenvalue weighted by molar-refractivity contribution is 14.0. The van der Waals surface area contributed by atoms with Crippen molar-refractivity contribution < 1.29 is 9.15 Å². The summed E-state index contributed by atoms with van der Waals surface area (Å²) in [5.74, 6) is 1.44. The summed E-state index contributed by atoms with van der Waals surface area (Å²) in [6.07, 6.45) is 4.13. The lowest BCUT2D eigenvalue weighted by Gasteiger charge is -2.25. The highest BCUT2D eigenvalue weighted by Crippen LogP contribution is 2.18. The summed E-state index contributed by atoms with van der Waals surface area (Å²) < 4.78 is 10.8. The Kier molecular flexibility index (Phi) is 10.4. The Morgan fingerprint density at radius 3 is 2.90 bits per heavy atom. The van der Waals surface area contributed by atoms with Crippen LogP contribution in [0.4, 0.5) is 0 Å². The molecule has 0 radical (unpaired) electrons. The summed E-state index contributed by atoms with van der Waals surface area (Å²) in [5.41, 5.74) is 1.79. The summed E-state index contributed by atoms with van der Waals surface area (Å²) in [7, 11) is 1.76. The van der Waals surface area contributed by atoms with E-state index in [1.807, 2.05) is 30.3 Å². The molecule has 1 fully saturated rings. The summed E-state index contributed by atoms with van der Waals surface area (Å²) in [6.45, 7) is 7.15. The van der Waals surface area contributed by atoms with Crippen molar-refractivity contribution in [2.24, 2.45) is 4.99 Å². The van der Waals surface area contributed by atoms with Crippen molar-refractivity contribution in [1.29, 1.82) is 0 Å². The van der Waals surface area contributed by atoms with E-state index in [0.29, 0.717) is 18.5 Å². The smallest absolute Gasteiger partial charge is 0.226 e. The van der Waals surface area contributed by atoms with Gasteiger partial charge in [0, 0.05) is 38.3 Å². The molecule has 160 valence electrons. The van der Waals surface area contributed by atoms with Crippen molar-refractivity contribution in [3.63, 3.8) is 0 Å². The van der Waals surface area contributed by atoms with Gasteiger partial charge in [-0.05, 0) is 38.4 Å². The summed E-state index contributed by atoms with van der Waals surface area (Å²) in [6, 6.07) is 10.4. The Labute approximate surface area is 190 Å². The third-order valence-corrected chi connectivity index (χ3v) is 4.90. The van der Waals surface area contributed by atoms with E-state index in [1.54, 1.807) is 13.4 Å². The first-order valence-electron chi connectivity index (χ1n) is 10.0. The lowest BCUT2D eigenvalue weighted by Crippen LogP contribution is -2.45. The predicted molar refractivity (Wildman–Crippen MR) is 127 cm³/mol. The monoisotopic (exact) mass is 513 g/mol. The van der Waals surface area contributed by atoms with Crippen LogP contribution in [0.25, 0.3) is 11.5 Å². The van der Waals surface area contributed by atoms with Crippen LogP contribution in [0.15, 0.2) is 46.0 Å². The number of nitrogens with zero attached hydrogens (tertiary/aromatic N) is 3. The van der Waals surface area contributed by atoms with E-state index in [4.69, 9.17) is 9.15 Å². The van der Waals surface area contributed by atoms with Crippen LogP contribution in [0.1, 0.15) is 25.5 Å². The van der Waals surface area contributed by atoms with Gasteiger partial charge in [-0.2, -0.15) is 0 Å². The van der Waals surface area contributed by atoms with E-state index < -0.39 is 0 Å². The molecule has 1 saturated heterocycles. The van der Waals surface area contributed by atoms with Crippen LogP contribution in [-0.4, -0.2) is 61.8 Å². The fourth-order valence-corrected chi connectivity index (χ4v) is 3.44. The van der Waals surface area contributed by atoms with Crippen molar-refractivity contribution in [3.8, 4) is 11.5 Å². The van der Waals surface area contributed by atoms with Gasteiger partial charge in [-0.25, -0.2) is 9.98 Å². The number of benzene rings is 1. The van der Waals surface area contributed by atoms with Crippen LogP contribution in [-0.2, 0) is 11.3 Å². The summed E-state index contributed by atoms with van der Waals surface area (Å²) in [5, 5.41) is 6.79. The molecule has 1 aromatic heterocycles. The molecule has 0 amide bonds. The number of oxazole rings is 1. The number of nitrogens with one attached hydrogen (secondary N) is 2. The van der Waals surface area contributed by atoms with Gasteiger partial charge in [0.15, 0.2) is 5.96 Å². The molecule has 3 rings (SSSR count). The Balaban J connectivity index is 0.00000300. The zero-order chi connectivity index (χ0) is 19.6. The molecule has 7 nitrogen and oxygen atoms in total. The van der Waals surface area contributed by atoms with Crippen LogP contribution < -0.4 is 10.6 Å². The number of hydrogen-bond donors (Lipinski definition) is 2. The zero-order valence-corrected chi connectivity index (χ0v) is 19.6. The fraction of sp³-hybridized carbons (Fsp3) is 0.524. The van der Waals surface area contributed by atoms with E-state index in [-0.39, 0.29) is 24.0 Å². The molecule has 1 aliphatic heterocycles. The first-order valence-corrected chi connectivity index (χ1v) is 10.0. The Morgan fingerprint density at radius 1 is 1.31 bits per heavy atom. The maximum Gasteiger partial charge on any atom is 0.226 e. The largest absolute Gasteiger partial charge is 0.444 e. The first kappa shape index (κ1) is 23.6. The van der Waals surface area contributed by atoms with Gasteiger partial charge in [0.05, 0.1) is 13.2 Å². The Morgan fingerprint density at radius 2 is 2.14 bits per heavy atom. The number of rotatable bonds is 9. The summed E-state index contributed by atoms with van der Waals surface area (Å²) in [4.78, 5) is 11.7. The molecule has 1 aliphatic rings. The lowest BCUT2D eigenvalue weighted by molar-refractivity contribution is 0.141. The third-order valence-electron chi connectivity index (χ3n) is 4.90. The molecule has 29 heavy (non-hydrogen) atoms. The minimum Gasteiger partial charge on any atom is -0.444 e. The van der Waals surface area contributed by atoms with Crippen molar-refractivity contribution in [3.05, 3.63) is 42.3 Å². The van der Waals surface area contributed by atoms with Crippen LogP contribution in [0.3, 0.4) is 0 Å². The van der Waals surface area contributed by atoms with E-state index in [2.05, 4.69) is 32.4 Å². The maximum atomic E-state index is 5.60. The van der Waals surface area contributed by atoms with Crippen LogP contribution in [0.2, 0.25) is 0 Å². The molecule has 0 saturated carbocycles. The quantitative estimate of drug-likeness (QED) is 0.305. The zero-order valence-electron chi connectivity index (χ0n) is 17.3. The molecular formula is C21H32IN5O2. The molecule has 1 atom stereocenters. The van der Waals surface area contributed by atoms with Gasteiger partial charge in [-0.1, -0.05) is 18.2 Å². The van der Waals surface area contributed by atoms with Crippen LogP contribution >= 0.6 is 24.0 Å². The third kappa shape index (κ3) is 7.27. The van der Waals surface area contributed by atoms with Crippen molar-refractivity contribution in [1.82, 2.24) is 20.5 Å². The van der Waals surface area contributed by atoms with Gasteiger partial charge in [0.1, 0.15) is 12.0 Å². The van der Waals surface area contributed by atoms with Gasteiger partial charge >= 0.3 is 0 Å². The molecular weight excluding hydrogens is 481 g/mol. The molecule has 0 bridgehead atoms. The Hall–Kier alpha value is -1.65. The summed E-state index contributed by atoms with van der Waals surface area (Å²) >= 11 is 0. The molecule has 2 heterocycles. The molecule has 2 aromatic rings. The second kappa shape index (κ2) is 12.8. The maximum absolute atomic E-state index is 5.60. The number of halogens is 1. The van der Waals surface area contributed by atoms with E-state index in [1.165, 1.54) is 12.8 Å². The van der Waals surface area contributed by atoms with Gasteiger partial charge in [0.25, 0.3) is 0 Å². The molecule has 1 aromatic carbocycles. The van der Waals surface area contributed by atoms with Gasteiger partial charge in [-0.15, -0.1) is 24.0 Å². The molecule has 0 aliphatic carbocycles. The number of hydrogen-bond acceptors (Lipinski definition) is 5. The topological polar surface area (TPSA) is 74.9 Å². The standard InChI is InChI=1S/C21H31N5O2.HI/c1-3-22-21(24-15-19-10-7-11-26(19)12-13-27-2)23-14-18-16-28-20(25-18)17-8-5-4-6-9-17;/h4-6,8-9,16,19H,3,7,10-15H2,1-2H3,(H2,22,23,24);1H. The number of aliphatic imine (C=N–C) groups is 1. The number of likely N-dealkylation sites (tertiary alicyclic amines) is 1. The normalized spacial score (nSPS) is 17.2. The van der Waals surface area contributed by atoms with Gasteiger partial charge < -0.3 is 19.8 Å². The average Bonchev–Trinajstić information content (AvgIpc) is 3.38. The fourth-order valence-electron chi connectivity index (χ4n) is 3.44. The highest BCUT2D eigenvalue weighted by atomic mass is 127. The van der Waals surface area contributed by atoms with Crippen molar-refractivity contribution >= 4 is 29.9 Å². The second-order valence-corrected chi connectivity index (χ2v) is 6.91. The highest BCUT2D eigenvalue weighted by Gasteiger charge is 2.23. The van der Waals surface area contributed by atoms with Gasteiger partial charge in [-0.3, -0.25) is 4.90 Å². The van der Waals surface area contributed by atoms with Gasteiger partial charge in [0.2, 0.25) is 5.89 Å². The SMILES string of the molecule is CCNC(=NCc1coc(-c2ccccc2)n1)NCC1CCCN1CCOC.I. The van der Waals surface area contributed by atoms with Crippen LogP contribution in [0, 0.1) is 0 Å². The molecule has 2 N–H and O–H groups in total. The molecule has 0 spiro atoms. The predicted octanol–water partition coefficient (Wildman–Crippen LogP) is 3.13. The number of methoxy groups -OCH3 is 1. The number of ether oxygens (including phenoxy) is 1. The van der Waals surface area contributed by atoms with E-state index in [9.17, 15) is 0 Å². The molecule has 8 heteroatoms. The minimum atomic E-state index is 0. The average molecular weight is 513 g/mol. The first-order chi connectivity index (χ1) is 13.8. The van der Waals surface area contributed by atoms with E-state index in [0.717, 1.165) is 50.0 Å². The van der Waals surface area contributed by atoms with Crippen molar-refractivity contribution in [2.45, 2.75) is 32.4 Å². The lowest BCUT2D eigenvalue weighted by atomic mass is 10.2. The Bertz CT molecular complexity index is 738. The second-order valence-electron chi connectivity index (χ2n) is 6.91. The van der Waals surface area contributed by atoms with Crippen molar-refractivity contribution in [2.75, 3.05) is 39.9 Å². The number of guanidine groups is 1. The van der Waals surface area contributed by atoms with E-state index >= 15 is 0 Å². The molecule has 1 unspecified atom stereocenters. The van der Waals surface area contributed by atoms with Crippen LogP contribution in [0.5, 0.6) is 0 Å². The number of aromatic nitrogens is 1. The minimum absolute atomic E-state index is 0.